The maximum absolute atomic E-state index is 14.0. The number of unbranched alkanes of at least 4 members (excludes halogenated alkanes) is 2. The summed E-state index contributed by atoms with van der Waals surface area (Å²) in [6, 6.07) is 21.2. The van der Waals surface area contributed by atoms with Crippen LogP contribution in [0.2, 0.25) is 0 Å². The topological polar surface area (TPSA) is 422 Å². The van der Waals surface area contributed by atoms with Crippen LogP contribution in [0.15, 0.2) is 97.2 Å². The summed E-state index contributed by atoms with van der Waals surface area (Å²) in [5.41, 5.74) is 3.91. The van der Waals surface area contributed by atoms with Crippen LogP contribution in [0, 0.1) is 23.7 Å². The number of pyridine rings is 1. The molecular formula is C74H89N10O20PS. The number of carbonyl (C=O) groups excluding carboxylic acids is 6. The fourth-order valence-electron chi connectivity index (χ4n) is 15.9. The first-order valence-corrected chi connectivity index (χ1v) is 38.0. The lowest BCUT2D eigenvalue weighted by Crippen LogP contribution is -2.61. The fraction of sp³-hybridized carbons (Fsp3) is 0.473. The quantitative estimate of drug-likeness (QED) is 0.0113. The van der Waals surface area contributed by atoms with E-state index in [9.17, 15) is 78.2 Å². The molecule has 6 amide bonds. The van der Waals surface area contributed by atoms with Gasteiger partial charge < -0.3 is 74.7 Å². The minimum Gasteiger partial charge on any atom is -0.479 e. The van der Waals surface area contributed by atoms with Crippen molar-refractivity contribution >= 4 is 99.4 Å². The van der Waals surface area contributed by atoms with Crippen molar-refractivity contribution in [2.24, 2.45) is 16.7 Å². The lowest BCUT2D eigenvalue weighted by Gasteiger charge is -2.58. The number of carboxylic acid groups (broad SMARTS) is 2. The Kier molecular flexibility index (Phi) is 24.4. The minimum atomic E-state index is -4.46. The third-order valence-electron chi connectivity index (χ3n) is 20.0. The first-order valence-electron chi connectivity index (χ1n) is 35.3. The highest BCUT2D eigenvalue weighted by molar-refractivity contribution is 7.51. The van der Waals surface area contributed by atoms with Gasteiger partial charge in [-0.1, -0.05) is 74.9 Å². The van der Waals surface area contributed by atoms with Crippen LogP contribution in [0.5, 0.6) is 5.75 Å². The summed E-state index contributed by atoms with van der Waals surface area (Å²) in [4.78, 5) is 136. The van der Waals surface area contributed by atoms with Crippen molar-refractivity contribution in [2.75, 3.05) is 67.6 Å². The van der Waals surface area contributed by atoms with E-state index in [1.54, 1.807) is 24.4 Å². The number of hydrogen-bond donors (Lipinski definition) is 10. The molecule has 1 saturated heterocycles. The van der Waals surface area contributed by atoms with Gasteiger partial charge in [0.15, 0.2) is 16.9 Å². The molecule has 11 rings (SSSR count). The van der Waals surface area contributed by atoms with Crippen LogP contribution in [-0.2, 0) is 62.3 Å². The number of thiazole rings is 1. The van der Waals surface area contributed by atoms with E-state index in [-0.39, 0.29) is 111 Å². The number of rotatable bonds is 31. The lowest BCUT2D eigenvalue weighted by molar-refractivity contribution is -0.271. The zero-order valence-electron chi connectivity index (χ0n) is 59.3. The van der Waals surface area contributed by atoms with Crippen LogP contribution in [0.1, 0.15) is 135 Å². The highest BCUT2D eigenvalue weighted by Crippen LogP contribution is 2.60. The first kappa shape index (κ1) is 77.8. The summed E-state index contributed by atoms with van der Waals surface area (Å²) in [6.07, 6.45) is 1.78. The molecule has 0 radical (unpaired) electrons. The molecule has 32 heteroatoms. The average molecular weight is 1500 g/mol. The Morgan fingerprint density at radius 2 is 1.62 bits per heavy atom. The van der Waals surface area contributed by atoms with E-state index in [1.165, 1.54) is 58.7 Å². The Hall–Kier alpha value is -9.30. The Morgan fingerprint density at radius 3 is 2.38 bits per heavy atom. The van der Waals surface area contributed by atoms with Gasteiger partial charge in [0.05, 0.1) is 40.5 Å². The van der Waals surface area contributed by atoms with Gasteiger partial charge in [0, 0.05) is 93.2 Å². The highest BCUT2D eigenvalue weighted by atomic mass is 32.1. The molecule has 5 aliphatic rings. The van der Waals surface area contributed by atoms with Gasteiger partial charge in [0.25, 0.3) is 17.7 Å². The van der Waals surface area contributed by atoms with Gasteiger partial charge in [0.2, 0.25) is 18.1 Å². The molecular weight excluding hydrogens is 1410 g/mol. The number of anilines is 3. The summed E-state index contributed by atoms with van der Waals surface area (Å²) < 4.78 is 38.8. The zero-order chi connectivity index (χ0) is 75.8. The Morgan fingerprint density at radius 1 is 0.840 bits per heavy atom. The molecule has 3 aromatic heterocycles. The van der Waals surface area contributed by atoms with Gasteiger partial charge in [-0.05, 0) is 147 Å². The largest absolute Gasteiger partial charge is 0.479 e. The van der Waals surface area contributed by atoms with E-state index < -0.39 is 79.4 Å². The van der Waals surface area contributed by atoms with Gasteiger partial charge in [0.1, 0.15) is 36.5 Å². The molecule has 0 spiro atoms. The fourth-order valence-corrected chi connectivity index (χ4v) is 17.3. The van der Waals surface area contributed by atoms with Gasteiger partial charge in [-0.25, -0.2) is 24.4 Å². The molecule has 6 aromatic rings. The number of aliphatic hydroxyl groups excluding tert-OH is 3. The maximum Gasteiger partial charge on any atom is 0.410 e. The zero-order valence-corrected chi connectivity index (χ0v) is 61.0. The summed E-state index contributed by atoms with van der Waals surface area (Å²) in [6.45, 7) is 9.73. The third-order valence-corrected chi connectivity index (χ3v) is 21.8. The summed E-state index contributed by atoms with van der Waals surface area (Å²) in [5.74, 6) is -4.32. The van der Waals surface area contributed by atoms with Gasteiger partial charge >= 0.3 is 25.6 Å². The van der Waals surface area contributed by atoms with E-state index in [1.807, 2.05) is 52.9 Å². The second kappa shape index (κ2) is 33.2. The third kappa shape index (κ3) is 19.1. The molecule has 106 heavy (non-hydrogen) atoms. The number of para-hydroxylation sites is 1. The maximum atomic E-state index is 14.0. The number of benzene rings is 3. The SMILES string of the molecule is Cc1c(-c2ccc(N3CCc4cccc(C(=O)Nc5nc6ccccc6s5)c4C3)nc2C(=O)O)cnn1CC1(C)CC2(C)CC(C)CC(OCCN(CCCP(=O)(O)O)C(=O)OC/C=C/c3ccc(O[C@@H]4O[C@H](C(=O)O)[C@@H](O)[C@H](O)[C@H]4O)c(NC(=O)CCNC(=O)CCCCCN4C(=O)C=CC4=O)c3)(C2)C1. The second-order valence-electron chi connectivity index (χ2n) is 28.9. The summed E-state index contributed by atoms with van der Waals surface area (Å²) in [7, 11) is -4.46. The van der Waals surface area contributed by atoms with E-state index in [2.05, 4.69) is 41.7 Å². The standard InChI is InChI=1S/C74H89N10O20PS/c1-44-36-72(3)40-73(4,43-84-45(2)50(38-76-84)48-20-22-56(79-61(48)67(93)94)82-30-26-47-14-10-15-49(51(47)39-82)66(92)80-70-78-52-16-7-8-17-55(52)106-70)42-74(37-44,41-72)102-33-31-81(28-12-34-105(98,99)100)71(97)101-32-11-13-46-19-21-54(103-69-64(91)62(89)63(90)65(104-69)68(95)96)53(35-46)77-58(86)25-27-75-57(85)18-6-5-9-29-83-59(87)23-24-60(83)88/h7-8,10-11,13-17,19-24,35,38,44,62-65,69,89-91H,5-6,9,12,18,25-34,36-37,39-43H2,1-4H3,(H,75,85)(H,77,86)(H,93,94)(H,95,96)(H,78,80,92)(H2,98,99,100)/b13-11+/t44?,62-,63-,64+,65-,69+,72?,73?,74?/m0/s1. The molecule has 30 nitrogen and oxygen atoms in total. The van der Waals surface area contributed by atoms with E-state index in [4.69, 9.17) is 29.0 Å². The van der Waals surface area contributed by atoms with Crippen molar-refractivity contribution in [2.45, 2.75) is 154 Å². The number of hydrogen-bond acceptors (Lipinski definition) is 21. The molecule has 6 heterocycles. The summed E-state index contributed by atoms with van der Waals surface area (Å²) >= 11 is 1.39. The van der Waals surface area contributed by atoms with E-state index in [0.717, 1.165) is 57.6 Å². The Labute approximate surface area is 614 Å². The second-order valence-corrected chi connectivity index (χ2v) is 31.7. The Bertz CT molecular complexity index is 4380. The van der Waals surface area contributed by atoms with Gasteiger partial charge in [-0.15, -0.1) is 0 Å². The van der Waals surface area contributed by atoms with Gasteiger partial charge in [-0.3, -0.25) is 43.4 Å². The summed E-state index contributed by atoms with van der Waals surface area (Å²) in [5, 5.41) is 65.6. The monoisotopic (exact) mass is 1500 g/mol. The van der Waals surface area contributed by atoms with Crippen molar-refractivity contribution in [3.8, 4) is 16.9 Å². The molecule has 10 N–H and O–H groups in total. The number of nitrogens with zero attached hydrogens (tertiary/aromatic N) is 7. The smallest absolute Gasteiger partial charge is 0.410 e. The normalized spacial score (nSPS) is 23.6. The number of imide groups is 1. The molecule has 3 fully saturated rings. The van der Waals surface area contributed by atoms with Crippen molar-refractivity contribution in [1.82, 2.24) is 34.9 Å². The minimum absolute atomic E-state index is 0.00476. The predicted molar refractivity (Wildman–Crippen MR) is 389 cm³/mol. The molecule has 3 aliphatic heterocycles. The number of amides is 6. The number of carboxylic acids is 2. The van der Waals surface area contributed by atoms with Crippen LogP contribution in [0.4, 0.5) is 21.4 Å². The number of carbonyl (C=O) groups is 8. The predicted octanol–water partition coefficient (Wildman–Crippen LogP) is 7.68. The van der Waals surface area contributed by atoms with Crippen LogP contribution in [-0.4, -0.2) is 201 Å². The van der Waals surface area contributed by atoms with E-state index in [0.29, 0.717) is 84.9 Å². The number of aliphatic hydroxyl groups is 3. The Balaban J connectivity index is 0.722. The number of aliphatic carboxylic acids is 1. The average Bonchev–Trinajstić information content (AvgIpc) is 1.05. The lowest BCUT2D eigenvalue weighted by atomic mass is 9.51. The molecule has 2 bridgehead atoms. The van der Waals surface area contributed by atoms with Gasteiger partial charge in [-0.2, -0.15) is 5.10 Å². The number of fused-ring (bicyclic) bond motifs is 4. The molecule has 4 unspecified atom stereocenters. The van der Waals surface area contributed by atoms with Crippen LogP contribution >= 0.6 is 18.9 Å². The number of aromatic carboxylic acids is 1. The van der Waals surface area contributed by atoms with Crippen molar-refractivity contribution in [3.05, 3.63) is 131 Å². The number of aromatic nitrogens is 4. The molecule has 2 saturated carbocycles. The van der Waals surface area contributed by atoms with E-state index >= 15 is 0 Å². The van der Waals surface area contributed by atoms with Crippen LogP contribution in [0.25, 0.3) is 27.4 Å². The number of nitrogens with one attached hydrogen (secondary N) is 3. The van der Waals surface area contributed by atoms with Crippen LogP contribution < -0.4 is 25.6 Å². The van der Waals surface area contributed by atoms with Crippen molar-refractivity contribution in [1.29, 1.82) is 0 Å². The first-order chi connectivity index (χ1) is 50.4. The van der Waals surface area contributed by atoms with Crippen molar-refractivity contribution in [3.63, 3.8) is 0 Å². The van der Waals surface area contributed by atoms with Crippen LogP contribution in [0.3, 0.4) is 0 Å². The highest BCUT2D eigenvalue weighted by Gasteiger charge is 2.56. The molecule has 3 aromatic carbocycles. The number of ether oxygens (including phenoxy) is 4. The van der Waals surface area contributed by atoms with Crippen molar-refractivity contribution < 1.29 is 97.2 Å². The molecule has 9 atom stereocenters. The molecule has 566 valence electrons. The molecule has 2 aliphatic carbocycles.